The molecule has 0 aliphatic carbocycles. The molecule has 0 atom stereocenters. The van der Waals surface area contributed by atoms with Crippen LogP contribution in [0.5, 0.6) is 0 Å². The summed E-state index contributed by atoms with van der Waals surface area (Å²) in [6, 6.07) is 10.9. The molecule has 98 valence electrons. The van der Waals surface area contributed by atoms with Gasteiger partial charge in [0.15, 0.2) is 0 Å². The minimum absolute atomic E-state index is 0.345. The molecule has 1 amide bonds. The van der Waals surface area contributed by atoms with E-state index in [4.69, 9.17) is 0 Å². The van der Waals surface area contributed by atoms with Gasteiger partial charge in [-0.25, -0.2) is 4.39 Å². The average molecular weight is 388 g/mol. The van der Waals surface area contributed by atoms with Gasteiger partial charge >= 0.3 is 0 Å². The Kier molecular flexibility index (Phi) is 4.55. The van der Waals surface area contributed by atoms with Gasteiger partial charge in [0.2, 0.25) is 0 Å². The molecule has 0 aliphatic rings. The smallest absolute Gasteiger partial charge is 0.269 e. The fourth-order valence-corrected chi connectivity index (χ4v) is 2.61. The molecule has 0 aromatic heterocycles. The van der Waals surface area contributed by atoms with Crippen molar-refractivity contribution in [1.29, 1.82) is 0 Å². The molecule has 0 fully saturated rings. The Bertz CT molecular complexity index is 582. The molecule has 2 rings (SSSR count). The topological polar surface area (TPSA) is 41.1 Å². The molecule has 6 heteroatoms. The lowest BCUT2D eigenvalue weighted by molar-refractivity contribution is 0.0962. The molecule has 2 N–H and O–H groups in total. The maximum absolute atomic E-state index is 12.7. The Morgan fingerprint density at radius 3 is 2.16 bits per heavy atom. The third-order valence-corrected chi connectivity index (χ3v) is 3.69. The lowest BCUT2D eigenvalue weighted by Gasteiger charge is -2.11. The predicted octanol–water partition coefficient (Wildman–Crippen LogP) is 4.11. The van der Waals surface area contributed by atoms with Crippen molar-refractivity contribution in [3.63, 3.8) is 0 Å². The highest BCUT2D eigenvalue weighted by Crippen LogP contribution is 2.29. The molecule has 2 aromatic rings. The Hall–Kier alpha value is -1.40. The highest BCUT2D eigenvalue weighted by Gasteiger charge is 2.08. The third kappa shape index (κ3) is 3.54. The number of para-hydroxylation sites is 1. The summed E-state index contributed by atoms with van der Waals surface area (Å²) in [7, 11) is 0. The van der Waals surface area contributed by atoms with Gasteiger partial charge in [0, 0.05) is 14.5 Å². The van der Waals surface area contributed by atoms with Crippen LogP contribution in [0.15, 0.2) is 51.4 Å². The van der Waals surface area contributed by atoms with E-state index in [0.717, 1.165) is 8.95 Å². The van der Waals surface area contributed by atoms with Crippen molar-refractivity contribution in [1.82, 2.24) is 5.43 Å². The first-order valence-corrected chi connectivity index (χ1v) is 6.92. The van der Waals surface area contributed by atoms with Crippen LogP contribution >= 0.6 is 31.9 Å². The highest BCUT2D eigenvalue weighted by atomic mass is 79.9. The summed E-state index contributed by atoms with van der Waals surface area (Å²) in [5.74, 6) is -0.722. The molecule has 0 aliphatic heterocycles. The lowest BCUT2D eigenvalue weighted by atomic mass is 10.2. The van der Waals surface area contributed by atoms with Crippen LogP contribution in [-0.2, 0) is 0 Å². The van der Waals surface area contributed by atoms with Gasteiger partial charge in [0.25, 0.3) is 5.91 Å². The zero-order valence-corrected chi connectivity index (χ0v) is 12.8. The van der Waals surface area contributed by atoms with Gasteiger partial charge in [-0.05, 0) is 68.3 Å². The lowest BCUT2D eigenvalue weighted by Crippen LogP contribution is -2.29. The predicted molar refractivity (Wildman–Crippen MR) is 79.3 cm³/mol. The molecule has 0 saturated carbocycles. The number of hydrazine groups is 1. The third-order valence-electron chi connectivity index (χ3n) is 2.37. The summed E-state index contributed by atoms with van der Waals surface area (Å²) in [5, 5.41) is 0. The number of anilines is 1. The minimum Gasteiger partial charge on any atom is -0.296 e. The largest absolute Gasteiger partial charge is 0.296 e. The quantitative estimate of drug-likeness (QED) is 0.778. The van der Waals surface area contributed by atoms with Crippen molar-refractivity contribution >= 4 is 43.5 Å². The molecule has 19 heavy (non-hydrogen) atoms. The van der Waals surface area contributed by atoms with E-state index in [9.17, 15) is 9.18 Å². The summed E-state index contributed by atoms with van der Waals surface area (Å²) in [6.45, 7) is 0. The molecule has 0 heterocycles. The first-order valence-electron chi connectivity index (χ1n) is 5.34. The zero-order chi connectivity index (χ0) is 13.8. The van der Waals surface area contributed by atoms with E-state index in [0.29, 0.717) is 11.3 Å². The van der Waals surface area contributed by atoms with E-state index in [1.807, 2.05) is 18.2 Å². The summed E-state index contributed by atoms with van der Waals surface area (Å²) in [4.78, 5) is 11.8. The maximum atomic E-state index is 12.7. The number of nitrogens with one attached hydrogen (secondary N) is 2. The van der Waals surface area contributed by atoms with Crippen molar-refractivity contribution in [3.8, 4) is 0 Å². The van der Waals surface area contributed by atoms with Crippen LogP contribution < -0.4 is 10.9 Å². The molecule has 0 unspecified atom stereocenters. The molecular formula is C13H9Br2FN2O. The van der Waals surface area contributed by atoms with Crippen molar-refractivity contribution in [2.45, 2.75) is 0 Å². The molecule has 0 spiro atoms. The number of carbonyl (C=O) groups is 1. The first kappa shape index (κ1) is 14.0. The van der Waals surface area contributed by atoms with E-state index in [1.165, 1.54) is 24.3 Å². The van der Waals surface area contributed by atoms with Gasteiger partial charge < -0.3 is 0 Å². The SMILES string of the molecule is O=C(NNc1c(Br)cccc1Br)c1ccc(F)cc1. The van der Waals surface area contributed by atoms with Crippen LogP contribution in [0.2, 0.25) is 0 Å². The highest BCUT2D eigenvalue weighted by molar-refractivity contribution is 9.11. The van der Waals surface area contributed by atoms with Crippen molar-refractivity contribution in [2.75, 3.05) is 5.43 Å². The van der Waals surface area contributed by atoms with Crippen LogP contribution in [0.1, 0.15) is 10.4 Å². The van der Waals surface area contributed by atoms with E-state index in [2.05, 4.69) is 42.7 Å². The number of rotatable bonds is 3. The Morgan fingerprint density at radius 1 is 1.00 bits per heavy atom. The summed E-state index contributed by atoms with van der Waals surface area (Å²) < 4.78 is 14.4. The Morgan fingerprint density at radius 2 is 1.58 bits per heavy atom. The molecule has 0 saturated heterocycles. The van der Waals surface area contributed by atoms with Gasteiger partial charge in [0.1, 0.15) is 5.82 Å². The van der Waals surface area contributed by atoms with E-state index >= 15 is 0 Å². The maximum Gasteiger partial charge on any atom is 0.269 e. The number of hydrogen-bond donors (Lipinski definition) is 2. The van der Waals surface area contributed by atoms with Crippen LogP contribution in [0.3, 0.4) is 0 Å². The van der Waals surface area contributed by atoms with Gasteiger partial charge in [-0.3, -0.25) is 15.6 Å². The summed E-state index contributed by atoms with van der Waals surface area (Å²) in [5.41, 5.74) is 6.43. The number of benzene rings is 2. The van der Waals surface area contributed by atoms with E-state index in [1.54, 1.807) is 0 Å². The molecule has 0 radical (unpaired) electrons. The van der Waals surface area contributed by atoms with Crippen LogP contribution in [0, 0.1) is 5.82 Å². The number of hydrogen-bond acceptors (Lipinski definition) is 2. The monoisotopic (exact) mass is 386 g/mol. The molecule has 0 bridgehead atoms. The second kappa shape index (κ2) is 6.16. The van der Waals surface area contributed by atoms with Crippen LogP contribution in [0.25, 0.3) is 0 Å². The van der Waals surface area contributed by atoms with E-state index in [-0.39, 0.29) is 11.7 Å². The number of carbonyl (C=O) groups excluding carboxylic acids is 1. The second-order valence-electron chi connectivity index (χ2n) is 3.68. The summed E-state index contributed by atoms with van der Waals surface area (Å²) in [6.07, 6.45) is 0. The van der Waals surface area contributed by atoms with Gasteiger partial charge in [-0.1, -0.05) is 6.07 Å². The van der Waals surface area contributed by atoms with Crippen molar-refractivity contribution in [3.05, 3.63) is 62.8 Å². The van der Waals surface area contributed by atoms with Gasteiger partial charge in [0.05, 0.1) is 5.69 Å². The van der Waals surface area contributed by atoms with Crippen LogP contribution in [-0.4, -0.2) is 5.91 Å². The second-order valence-corrected chi connectivity index (χ2v) is 5.39. The fourth-order valence-electron chi connectivity index (χ4n) is 1.41. The van der Waals surface area contributed by atoms with Crippen molar-refractivity contribution in [2.24, 2.45) is 0 Å². The standard InChI is InChI=1S/C13H9Br2FN2O/c14-10-2-1-3-11(15)12(10)17-18-13(19)8-4-6-9(16)7-5-8/h1-7,17H,(H,18,19). The van der Waals surface area contributed by atoms with Crippen molar-refractivity contribution < 1.29 is 9.18 Å². The first-order chi connectivity index (χ1) is 9.08. The summed E-state index contributed by atoms with van der Waals surface area (Å²) >= 11 is 6.74. The van der Waals surface area contributed by atoms with E-state index < -0.39 is 0 Å². The molecular weight excluding hydrogens is 379 g/mol. The normalized spacial score (nSPS) is 10.1. The Balaban J connectivity index is 2.06. The number of halogens is 3. The van der Waals surface area contributed by atoms with Gasteiger partial charge in [-0.2, -0.15) is 0 Å². The minimum atomic E-state index is -0.377. The van der Waals surface area contributed by atoms with Crippen LogP contribution in [0.4, 0.5) is 10.1 Å². The molecule has 2 aromatic carbocycles. The molecule has 3 nitrogen and oxygen atoms in total. The fraction of sp³-hybridized carbons (Fsp3) is 0. The number of amides is 1. The average Bonchev–Trinajstić information content (AvgIpc) is 2.38. The zero-order valence-electron chi connectivity index (χ0n) is 9.58. The Labute approximate surface area is 126 Å². The van der Waals surface area contributed by atoms with Gasteiger partial charge in [-0.15, -0.1) is 0 Å².